The van der Waals surface area contributed by atoms with Crippen molar-refractivity contribution in [3.8, 4) is 0 Å². The van der Waals surface area contributed by atoms with Crippen LogP contribution in [0.3, 0.4) is 0 Å². The summed E-state index contributed by atoms with van der Waals surface area (Å²) in [5, 5.41) is 2.99. The average molecular weight is 308 g/mol. The SMILES string of the molecule is Nc1ccc(C=CC=CC=Cc2ccc(NCCF)cc2)cc1. The zero-order valence-electron chi connectivity index (χ0n) is 13.0. The molecule has 2 nitrogen and oxygen atoms in total. The molecular formula is C20H21FN2. The average Bonchev–Trinajstić information content (AvgIpc) is 2.59. The largest absolute Gasteiger partial charge is 0.399 e. The standard InChI is InChI=1S/C20H21FN2/c21-15-16-23-20-13-9-18(10-14-20)6-4-2-1-3-5-17-7-11-19(22)12-8-17/h1-14,23H,15-16,22H2. The fraction of sp³-hybridized carbons (Fsp3) is 0.100. The van der Waals surface area contributed by atoms with Gasteiger partial charge in [0.05, 0.1) is 0 Å². The molecule has 0 aliphatic carbocycles. The minimum absolute atomic E-state index is 0.346. The Labute approximate surface area is 136 Å². The fourth-order valence-electron chi connectivity index (χ4n) is 1.97. The molecule has 2 aromatic carbocycles. The predicted molar refractivity (Wildman–Crippen MR) is 99.0 cm³/mol. The molecule has 0 spiro atoms. The molecule has 0 aliphatic rings. The molecule has 0 heterocycles. The van der Waals surface area contributed by atoms with Crippen molar-refractivity contribution in [2.75, 3.05) is 24.3 Å². The van der Waals surface area contributed by atoms with Crippen molar-refractivity contribution in [1.29, 1.82) is 0 Å². The fourth-order valence-corrected chi connectivity index (χ4v) is 1.97. The molecular weight excluding hydrogens is 287 g/mol. The van der Waals surface area contributed by atoms with E-state index in [1.54, 1.807) is 0 Å². The van der Waals surface area contributed by atoms with Gasteiger partial charge < -0.3 is 11.1 Å². The van der Waals surface area contributed by atoms with Gasteiger partial charge in [0.25, 0.3) is 0 Å². The molecule has 0 saturated heterocycles. The maximum atomic E-state index is 12.1. The van der Waals surface area contributed by atoms with Crippen molar-refractivity contribution in [2.24, 2.45) is 0 Å². The molecule has 0 fully saturated rings. The number of anilines is 2. The molecule has 118 valence electrons. The molecule has 0 atom stereocenters. The van der Waals surface area contributed by atoms with Crippen molar-refractivity contribution < 1.29 is 4.39 Å². The third-order valence-corrected chi connectivity index (χ3v) is 3.18. The van der Waals surface area contributed by atoms with Gasteiger partial charge in [-0.1, -0.05) is 60.7 Å². The monoisotopic (exact) mass is 308 g/mol. The summed E-state index contributed by atoms with van der Waals surface area (Å²) in [6, 6.07) is 15.6. The Bertz CT molecular complexity index is 668. The number of alkyl halides is 1. The zero-order chi connectivity index (χ0) is 16.3. The second-order valence-electron chi connectivity index (χ2n) is 5.01. The van der Waals surface area contributed by atoms with Gasteiger partial charge >= 0.3 is 0 Å². The topological polar surface area (TPSA) is 38.0 Å². The van der Waals surface area contributed by atoms with E-state index >= 15 is 0 Å². The highest BCUT2D eigenvalue weighted by Crippen LogP contribution is 2.10. The van der Waals surface area contributed by atoms with Crippen LogP contribution in [0.2, 0.25) is 0 Å². The van der Waals surface area contributed by atoms with E-state index in [9.17, 15) is 4.39 Å². The van der Waals surface area contributed by atoms with E-state index in [-0.39, 0.29) is 6.67 Å². The van der Waals surface area contributed by atoms with E-state index in [1.807, 2.05) is 85.0 Å². The lowest BCUT2D eigenvalue weighted by Gasteiger charge is -2.03. The summed E-state index contributed by atoms with van der Waals surface area (Å²) in [4.78, 5) is 0. The quantitative estimate of drug-likeness (QED) is 0.562. The van der Waals surface area contributed by atoms with Crippen LogP contribution in [0.15, 0.2) is 72.8 Å². The van der Waals surface area contributed by atoms with Gasteiger partial charge in [-0.15, -0.1) is 0 Å². The second-order valence-corrected chi connectivity index (χ2v) is 5.01. The van der Waals surface area contributed by atoms with Crippen molar-refractivity contribution in [1.82, 2.24) is 0 Å². The first-order valence-corrected chi connectivity index (χ1v) is 7.55. The molecule has 0 radical (unpaired) electrons. The second kappa shape index (κ2) is 9.26. The van der Waals surface area contributed by atoms with Crippen LogP contribution in [0, 0.1) is 0 Å². The Morgan fingerprint density at radius 2 is 1.30 bits per heavy atom. The third-order valence-electron chi connectivity index (χ3n) is 3.18. The molecule has 0 amide bonds. The first-order valence-electron chi connectivity index (χ1n) is 7.55. The number of rotatable bonds is 7. The van der Waals surface area contributed by atoms with Crippen molar-refractivity contribution in [2.45, 2.75) is 0 Å². The Hall–Kier alpha value is -2.81. The number of benzene rings is 2. The number of nitrogen functional groups attached to an aromatic ring is 1. The van der Waals surface area contributed by atoms with Gasteiger partial charge in [-0.25, -0.2) is 4.39 Å². The number of hydrogen-bond donors (Lipinski definition) is 2. The lowest BCUT2D eigenvalue weighted by molar-refractivity contribution is 0.513. The van der Waals surface area contributed by atoms with Crippen LogP contribution in [-0.4, -0.2) is 13.2 Å². The minimum atomic E-state index is -0.365. The van der Waals surface area contributed by atoms with Gasteiger partial charge in [-0.05, 0) is 35.4 Å². The Morgan fingerprint density at radius 1 is 0.783 bits per heavy atom. The molecule has 0 aliphatic heterocycles. The molecule has 23 heavy (non-hydrogen) atoms. The van der Waals surface area contributed by atoms with Gasteiger partial charge in [0.2, 0.25) is 0 Å². The predicted octanol–water partition coefficient (Wildman–Crippen LogP) is 4.93. The number of hydrogen-bond acceptors (Lipinski definition) is 2. The normalized spacial score (nSPS) is 11.7. The van der Waals surface area contributed by atoms with Gasteiger partial charge in [0.1, 0.15) is 6.67 Å². The Kier molecular flexibility index (Phi) is 6.66. The van der Waals surface area contributed by atoms with Gasteiger partial charge in [-0.2, -0.15) is 0 Å². The van der Waals surface area contributed by atoms with Gasteiger partial charge in [0.15, 0.2) is 0 Å². The molecule has 0 saturated carbocycles. The Balaban J connectivity index is 1.82. The molecule has 2 rings (SSSR count). The van der Waals surface area contributed by atoms with Crippen LogP contribution in [0.4, 0.5) is 15.8 Å². The smallest absolute Gasteiger partial charge is 0.107 e. The summed E-state index contributed by atoms with van der Waals surface area (Å²) in [6.45, 7) is -0.0192. The van der Waals surface area contributed by atoms with E-state index in [1.165, 1.54) is 0 Å². The van der Waals surface area contributed by atoms with Crippen LogP contribution >= 0.6 is 0 Å². The lowest BCUT2D eigenvalue weighted by atomic mass is 10.2. The van der Waals surface area contributed by atoms with Crippen LogP contribution in [0.25, 0.3) is 12.2 Å². The zero-order valence-corrected chi connectivity index (χ0v) is 13.0. The summed E-state index contributed by atoms with van der Waals surface area (Å²) >= 11 is 0. The van der Waals surface area contributed by atoms with Gasteiger partial charge in [-0.3, -0.25) is 0 Å². The van der Waals surface area contributed by atoms with Gasteiger partial charge in [0, 0.05) is 17.9 Å². The van der Waals surface area contributed by atoms with E-state index in [2.05, 4.69) is 5.32 Å². The van der Waals surface area contributed by atoms with E-state index < -0.39 is 0 Å². The number of nitrogens with one attached hydrogen (secondary N) is 1. The van der Waals surface area contributed by atoms with Crippen molar-refractivity contribution >= 4 is 23.5 Å². The van der Waals surface area contributed by atoms with Crippen molar-refractivity contribution in [3.63, 3.8) is 0 Å². The van der Waals surface area contributed by atoms with Crippen LogP contribution < -0.4 is 11.1 Å². The molecule has 3 heteroatoms. The molecule has 0 unspecified atom stereocenters. The Morgan fingerprint density at radius 3 is 1.83 bits per heavy atom. The van der Waals surface area contributed by atoms with E-state index in [0.29, 0.717) is 6.54 Å². The first kappa shape index (κ1) is 16.6. The highest BCUT2D eigenvalue weighted by atomic mass is 19.1. The third kappa shape index (κ3) is 6.22. The summed E-state index contributed by atoms with van der Waals surface area (Å²) in [5.41, 5.74) is 9.56. The molecule has 3 N–H and O–H groups in total. The maximum Gasteiger partial charge on any atom is 0.107 e. The summed E-state index contributed by atoms with van der Waals surface area (Å²) in [5.74, 6) is 0. The molecule has 0 bridgehead atoms. The number of halogens is 1. The number of allylic oxidation sites excluding steroid dienone is 4. The number of nitrogens with two attached hydrogens (primary N) is 1. The molecule has 0 aromatic heterocycles. The van der Waals surface area contributed by atoms with Crippen LogP contribution in [0.5, 0.6) is 0 Å². The highest BCUT2D eigenvalue weighted by molar-refractivity contribution is 5.57. The van der Waals surface area contributed by atoms with E-state index in [0.717, 1.165) is 22.5 Å². The van der Waals surface area contributed by atoms with E-state index in [4.69, 9.17) is 5.73 Å². The van der Waals surface area contributed by atoms with Crippen molar-refractivity contribution in [3.05, 3.63) is 84.0 Å². The molecule has 2 aromatic rings. The maximum absolute atomic E-state index is 12.1. The summed E-state index contributed by atoms with van der Waals surface area (Å²) in [6.07, 6.45) is 12.0. The van der Waals surface area contributed by atoms with Crippen LogP contribution in [0.1, 0.15) is 11.1 Å². The first-order chi connectivity index (χ1) is 11.3. The summed E-state index contributed by atoms with van der Waals surface area (Å²) in [7, 11) is 0. The summed E-state index contributed by atoms with van der Waals surface area (Å²) < 4.78 is 12.1. The minimum Gasteiger partial charge on any atom is -0.399 e. The lowest BCUT2D eigenvalue weighted by Crippen LogP contribution is -2.02. The highest BCUT2D eigenvalue weighted by Gasteiger charge is 1.90. The van der Waals surface area contributed by atoms with Crippen LogP contribution in [-0.2, 0) is 0 Å².